The van der Waals surface area contributed by atoms with E-state index in [1.807, 2.05) is 45.0 Å². The number of H-pyrrole nitrogens is 1. The quantitative estimate of drug-likeness (QED) is 0.0207. The van der Waals surface area contributed by atoms with Gasteiger partial charge in [-0.2, -0.15) is 0 Å². The largest absolute Gasteiger partial charge is 0.480 e. The summed E-state index contributed by atoms with van der Waals surface area (Å²) in [5.41, 5.74) is 23.8. The van der Waals surface area contributed by atoms with E-state index in [9.17, 15) is 43.5 Å². The minimum absolute atomic E-state index is 0.0161. The van der Waals surface area contributed by atoms with Gasteiger partial charge in [-0.05, 0) is 88.3 Å². The highest BCUT2D eigenvalue weighted by molar-refractivity contribution is 5.97. The number of nitrogens with one attached hydrogen (secondary N) is 12. The van der Waals surface area contributed by atoms with Crippen molar-refractivity contribution in [1.82, 2.24) is 52.8 Å². The molecule has 71 heavy (non-hydrogen) atoms. The maximum Gasteiger partial charge on any atom is 0.326 e. The number of fused-ring (bicyclic) bond motifs is 1. The highest BCUT2D eigenvalue weighted by atomic mass is 16.4. The zero-order valence-electron chi connectivity index (χ0n) is 41.5. The molecule has 25 nitrogen and oxygen atoms in total. The van der Waals surface area contributed by atoms with Crippen molar-refractivity contribution in [1.29, 1.82) is 10.8 Å². The van der Waals surface area contributed by atoms with E-state index in [1.54, 1.807) is 13.1 Å². The van der Waals surface area contributed by atoms with E-state index >= 15 is 0 Å². The van der Waals surface area contributed by atoms with Crippen molar-refractivity contribution in [3.05, 3.63) is 36.0 Å². The molecule has 0 radical (unpaired) electrons. The zero-order chi connectivity index (χ0) is 53.2. The Morgan fingerprint density at radius 1 is 0.648 bits per heavy atom. The fourth-order valence-corrected chi connectivity index (χ4v) is 7.38. The monoisotopic (exact) mass is 999 g/mol. The molecule has 8 atom stereocenters. The summed E-state index contributed by atoms with van der Waals surface area (Å²) in [7, 11) is 0. The summed E-state index contributed by atoms with van der Waals surface area (Å²) < 4.78 is 0. The summed E-state index contributed by atoms with van der Waals surface area (Å²) >= 11 is 0. The minimum Gasteiger partial charge on any atom is -0.480 e. The Morgan fingerprint density at radius 3 is 1.70 bits per heavy atom. The fourth-order valence-electron chi connectivity index (χ4n) is 7.38. The third kappa shape index (κ3) is 22.1. The first-order valence-electron chi connectivity index (χ1n) is 24.1. The number of hydrogen-bond acceptors (Lipinski definition) is 12. The molecular formula is C46H78N16O9. The number of aromatic nitrogens is 1. The average Bonchev–Trinajstić information content (AvgIpc) is 3.72. The molecule has 0 bridgehead atoms. The Hall–Kier alpha value is -7.02. The zero-order valence-corrected chi connectivity index (χ0v) is 41.5. The topological polar surface area (TPSA) is 433 Å². The van der Waals surface area contributed by atoms with Crippen LogP contribution < -0.4 is 70.8 Å². The molecule has 0 saturated heterocycles. The van der Waals surface area contributed by atoms with Gasteiger partial charge in [-0.3, -0.25) is 44.4 Å². The number of hydrogen-bond donors (Lipinski definition) is 17. The van der Waals surface area contributed by atoms with Gasteiger partial charge in [0.2, 0.25) is 41.4 Å². The molecule has 0 aliphatic carbocycles. The van der Waals surface area contributed by atoms with Crippen LogP contribution in [-0.4, -0.2) is 138 Å². The number of carbonyl (C=O) groups excluding carboxylic acids is 7. The molecule has 1 heterocycles. The van der Waals surface area contributed by atoms with Crippen LogP contribution >= 0.6 is 0 Å². The maximum absolute atomic E-state index is 14.0. The first-order chi connectivity index (χ1) is 33.6. The number of carboxylic acid groups (broad SMARTS) is 1. The number of carboxylic acids is 1. The van der Waals surface area contributed by atoms with Gasteiger partial charge in [-0.1, -0.05) is 52.3 Å². The first kappa shape index (κ1) is 60.1. The maximum atomic E-state index is 14.0. The summed E-state index contributed by atoms with van der Waals surface area (Å²) in [4.78, 5) is 111. The Bertz CT molecular complexity index is 2110. The van der Waals surface area contributed by atoms with Crippen LogP contribution in [0, 0.1) is 22.7 Å². The van der Waals surface area contributed by atoms with Gasteiger partial charge in [0.05, 0.1) is 12.6 Å². The predicted octanol–water partition coefficient (Wildman–Crippen LogP) is -2.09. The van der Waals surface area contributed by atoms with Crippen LogP contribution in [0.4, 0.5) is 0 Å². The minimum atomic E-state index is -1.34. The van der Waals surface area contributed by atoms with Crippen LogP contribution in [0.2, 0.25) is 0 Å². The first-order valence-corrected chi connectivity index (χ1v) is 24.1. The SMILES string of the molecule is CC[C@H](C)[C@H](NC(=O)[C@H](Cc1c[nH]c2ccccc12)NC(=O)[C@H](C)N)C(=O)NCC(=O)N[C@@H](CC(C)C)C(=O)N[C@@H](CCCNC(=N)N)C(=O)N[C@@H](CCCCN)C(=O)N[C@@H](CCCNC(=N)N)C(=O)O. The van der Waals surface area contributed by atoms with Crippen molar-refractivity contribution < 1.29 is 43.5 Å². The number of amides is 7. The summed E-state index contributed by atoms with van der Waals surface area (Å²) in [6.45, 7) is 8.67. The smallest absolute Gasteiger partial charge is 0.326 e. The molecule has 1 aromatic heterocycles. The molecule has 21 N–H and O–H groups in total. The summed E-state index contributed by atoms with van der Waals surface area (Å²) in [5, 5.41) is 49.1. The number of nitrogens with two attached hydrogens (primary N) is 4. The second-order valence-electron chi connectivity index (χ2n) is 18.0. The van der Waals surface area contributed by atoms with Crippen molar-refractivity contribution in [2.75, 3.05) is 26.2 Å². The van der Waals surface area contributed by atoms with Gasteiger partial charge in [0.1, 0.15) is 36.3 Å². The van der Waals surface area contributed by atoms with E-state index in [2.05, 4.69) is 52.8 Å². The molecule has 396 valence electrons. The van der Waals surface area contributed by atoms with E-state index in [0.717, 1.165) is 16.5 Å². The van der Waals surface area contributed by atoms with Crippen LogP contribution in [0.3, 0.4) is 0 Å². The summed E-state index contributed by atoms with van der Waals surface area (Å²) in [5.74, 6) is -7.54. The lowest BCUT2D eigenvalue weighted by molar-refractivity contribution is -0.142. The van der Waals surface area contributed by atoms with Gasteiger partial charge in [-0.15, -0.1) is 0 Å². The number of aliphatic carboxylic acids is 1. The van der Waals surface area contributed by atoms with Gasteiger partial charge in [-0.25, -0.2) is 4.79 Å². The second kappa shape index (κ2) is 31.3. The number of unbranched alkanes of at least 4 members (excludes halogenated alkanes) is 1. The second-order valence-corrected chi connectivity index (χ2v) is 18.0. The van der Waals surface area contributed by atoms with Crippen LogP contribution in [-0.2, 0) is 44.8 Å². The number of carbonyl (C=O) groups is 8. The van der Waals surface area contributed by atoms with Gasteiger partial charge in [0.15, 0.2) is 11.9 Å². The van der Waals surface area contributed by atoms with Crippen LogP contribution in [0.5, 0.6) is 0 Å². The van der Waals surface area contributed by atoms with E-state index in [1.165, 1.54) is 6.92 Å². The van der Waals surface area contributed by atoms with Crippen LogP contribution in [0.25, 0.3) is 10.9 Å². The number of guanidine groups is 2. The van der Waals surface area contributed by atoms with Crippen molar-refractivity contribution in [2.45, 2.75) is 141 Å². The summed E-state index contributed by atoms with van der Waals surface area (Å²) in [6.07, 6.45) is 3.73. The third-order valence-electron chi connectivity index (χ3n) is 11.5. The van der Waals surface area contributed by atoms with Gasteiger partial charge >= 0.3 is 5.97 Å². The van der Waals surface area contributed by atoms with Gasteiger partial charge in [0.25, 0.3) is 0 Å². The highest BCUT2D eigenvalue weighted by Gasteiger charge is 2.34. The molecule has 1 aromatic carbocycles. The van der Waals surface area contributed by atoms with E-state index in [4.69, 9.17) is 33.8 Å². The number of para-hydroxylation sites is 1. The lowest BCUT2D eigenvalue weighted by atomic mass is 9.97. The van der Waals surface area contributed by atoms with Gasteiger partial charge < -0.3 is 80.9 Å². The molecule has 2 rings (SSSR count). The van der Waals surface area contributed by atoms with E-state index < -0.39 is 102 Å². The van der Waals surface area contributed by atoms with Crippen LogP contribution in [0.1, 0.15) is 98.0 Å². The van der Waals surface area contributed by atoms with Gasteiger partial charge in [0, 0.05) is 36.6 Å². The van der Waals surface area contributed by atoms with Crippen molar-refractivity contribution in [3.8, 4) is 0 Å². The van der Waals surface area contributed by atoms with Crippen molar-refractivity contribution in [3.63, 3.8) is 0 Å². The third-order valence-corrected chi connectivity index (χ3v) is 11.5. The molecular weight excluding hydrogens is 921 g/mol. The van der Waals surface area contributed by atoms with Crippen molar-refractivity contribution >= 4 is 70.1 Å². The van der Waals surface area contributed by atoms with Crippen LogP contribution in [0.15, 0.2) is 30.5 Å². The number of aromatic amines is 1. The summed E-state index contributed by atoms with van der Waals surface area (Å²) in [6, 6.07) is -0.830. The normalized spacial score (nSPS) is 14.5. The molecule has 2 aromatic rings. The van der Waals surface area contributed by atoms with Crippen molar-refractivity contribution in [2.24, 2.45) is 34.8 Å². The fraction of sp³-hybridized carbons (Fsp3) is 0.609. The standard InChI is InChI=1S/C46H78N16O9/c1-6-26(4)37(62-42(68)35(61-38(64)27(5)48)22-28-23-55-30-14-8-7-13-29(28)30)43(69)56-24-36(63)57-34(21-25(2)3)41(67)59-32(16-11-19-53-45(49)50)39(65)58-31(15-9-10-18-47)40(66)60-33(44(70)71)17-12-20-54-46(51)52/h7-8,13-14,23,25-27,31-35,37,55H,6,9-12,15-22,24,47-48H2,1-5H3,(H,56,69)(H,57,63)(H,58,65)(H,59,67)(H,60,66)(H,61,64)(H,62,68)(H,70,71)(H4,49,50,53)(H4,51,52,54)/t26-,27-,31-,32-,33-,34-,35-,37-/m0/s1. The lowest BCUT2D eigenvalue weighted by Gasteiger charge is -2.27. The number of rotatable bonds is 33. The molecule has 0 aliphatic rings. The lowest BCUT2D eigenvalue weighted by Crippen LogP contribution is -2.59. The molecule has 0 saturated carbocycles. The Kier molecular flexibility index (Phi) is 26.5. The highest BCUT2D eigenvalue weighted by Crippen LogP contribution is 2.20. The Balaban J connectivity index is 2.27. The predicted molar refractivity (Wildman–Crippen MR) is 268 cm³/mol. The Morgan fingerprint density at radius 2 is 1.17 bits per heavy atom. The molecule has 0 fully saturated rings. The molecule has 0 spiro atoms. The molecule has 7 amide bonds. The average molecular weight is 999 g/mol. The number of benzene rings is 1. The molecule has 0 unspecified atom stereocenters. The molecule has 0 aliphatic heterocycles. The van der Waals surface area contributed by atoms with E-state index in [-0.39, 0.29) is 82.4 Å². The Labute approximate surface area is 414 Å². The van der Waals surface area contributed by atoms with E-state index in [0.29, 0.717) is 19.3 Å². The molecule has 25 heteroatoms.